The summed E-state index contributed by atoms with van der Waals surface area (Å²) in [7, 11) is 0. The third kappa shape index (κ3) is 1.68. The van der Waals surface area contributed by atoms with Crippen molar-refractivity contribution in [2.75, 3.05) is 0 Å². The Balaban J connectivity index is 2.47. The minimum atomic E-state index is -0.354. The number of halogens is 1. The zero-order chi connectivity index (χ0) is 10.8. The van der Waals surface area contributed by atoms with Crippen molar-refractivity contribution in [2.24, 2.45) is 0 Å². The number of carbonyl (C=O) groups excluding carboxylic acids is 1. The summed E-state index contributed by atoms with van der Waals surface area (Å²) in [5, 5.41) is 0. The zero-order valence-corrected chi connectivity index (χ0v) is 8.25. The maximum absolute atomic E-state index is 13.2. The van der Waals surface area contributed by atoms with Crippen LogP contribution in [0.5, 0.6) is 0 Å². The summed E-state index contributed by atoms with van der Waals surface area (Å²) in [6, 6.07) is 7.93. The lowest BCUT2D eigenvalue weighted by atomic mass is 10.0. The number of hydrogen-bond donors (Lipinski definition) is 1. The Morgan fingerprint density at radius 3 is 2.73 bits per heavy atom. The second-order valence-corrected chi connectivity index (χ2v) is 3.33. The molecule has 0 aliphatic heterocycles. The number of aromatic amines is 1. The molecule has 1 aromatic carbocycles. The van der Waals surface area contributed by atoms with E-state index in [1.807, 2.05) is 0 Å². The largest absolute Gasteiger partial charge is 0.359 e. The second-order valence-electron chi connectivity index (χ2n) is 3.33. The number of nitrogens with one attached hydrogen (secondary N) is 1. The number of aromatic nitrogens is 1. The lowest BCUT2D eigenvalue weighted by Crippen LogP contribution is -2.05. The minimum absolute atomic E-state index is 0.183. The second kappa shape index (κ2) is 3.69. The maximum Gasteiger partial charge on any atom is 0.209 e. The Morgan fingerprint density at radius 1 is 1.27 bits per heavy atom. The van der Waals surface area contributed by atoms with Crippen molar-refractivity contribution in [2.45, 2.75) is 6.92 Å². The molecule has 0 radical (unpaired) electrons. The summed E-state index contributed by atoms with van der Waals surface area (Å²) in [6.07, 6.45) is 1.67. The monoisotopic (exact) mass is 203 g/mol. The normalized spacial score (nSPS) is 10.3. The van der Waals surface area contributed by atoms with E-state index < -0.39 is 0 Å². The van der Waals surface area contributed by atoms with Crippen LogP contribution in [-0.2, 0) is 0 Å². The van der Waals surface area contributed by atoms with E-state index in [0.717, 1.165) is 0 Å². The number of carbonyl (C=O) groups is 1. The van der Waals surface area contributed by atoms with Crippen LogP contribution < -0.4 is 0 Å². The molecule has 1 aromatic heterocycles. The van der Waals surface area contributed by atoms with Gasteiger partial charge in [-0.05, 0) is 30.7 Å². The van der Waals surface area contributed by atoms with Gasteiger partial charge in [0.25, 0.3) is 0 Å². The Kier molecular flexibility index (Phi) is 2.37. The molecule has 0 aliphatic carbocycles. The van der Waals surface area contributed by atoms with E-state index >= 15 is 0 Å². The van der Waals surface area contributed by atoms with Gasteiger partial charge in [-0.25, -0.2) is 4.39 Å². The van der Waals surface area contributed by atoms with Gasteiger partial charge in [-0.3, -0.25) is 4.79 Å². The van der Waals surface area contributed by atoms with E-state index in [0.29, 0.717) is 16.8 Å². The first-order valence-corrected chi connectivity index (χ1v) is 4.63. The first kappa shape index (κ1) is 9.65. The maximum atomic E-state index is 13.2. The van der Waals surface area contributed by atoms with Crippen LogP contribution in [0.4, 0.5) is 4.39 Å². The fourth-order valence-electron chi connectivity index (χ4n) is 1.47. The van der Waals surface area contributed by atoms with E-state index in [1.54, 1.807) is 37.4 Å². The molecule has 0 saturated heterocycles. The molecule has 1 heterocycles. The Morgan fingerprint density at radius 2 is 2.07 bits per heavy atom. The van der Waals surface area contributed by atoms with Crippen molar-refractivity contribution in [3.05, 3.63) is 59.2 Å². The molecule has 0 saturated carbocycles. The molecule has 1 N–H and O–H groups in total. The minimum Gasteiger partial charge on any atom is -0.359 e. The highest BCUT2D eigenvalue weighted by Crippen LogP contribution is 2.15. The number of benzene rings is 1. The molecule has 76 valence electrons. The van der Waals surface area contributed by atoms with Crippen LogP contribution in [0.2, 0.25) is 0 Å². The molecule has 0 spiro atoms. The van der Waals surface area contributed by atoms with Gasteiger partial charge >= 0.3 is 0 Å². The fraction of sp³-hybridized carbons (Fsp3) is 0.0833. The fourth-order valence-corrected chi connectivity index (χ4v) is 1.47. The van der Waals surface area contributed by atoms with Crippen molar-refractivity contribution in [3.63, 3.8) is 0 Å². The molecule has 15 heavy (non-hydrogen) atoms. The lowest BCUT2D eigenvalue weighted by Gasteiger charge is -2.03. The molecule has 2 nitrogen and oxygen atoms in total. The topological polar surface area (TPSA) is 32.9 Å². The van der Waals surface area contributed by atoms with Crippen LogP contribution >= 0.6 is 0 Å². The molecule has 2 aromatic rings. The Bertz CT molecular complexity index is 488. The quantitative estimate of drug-likeness (QED) is 0.748. The van der Waals surface area contributed by atoms with Crippen LogP contribution in [0.15, 0.2) is 36.5 Å². The van der Waals surface area contributed by atoms with Gasteiger partial charge in [0.05, 0.1) is 5.69 Å². The van der Waals surface area contributed by atoms with E-state index in [2.05, 4.69) is 4.98 Å². The van der Waals surface area contributed by atoms with Gasteiger partial charge in [0, 0.05) is 11.8 Å². The van der Waals surface area contributed by atoms with Crippen molar-refractivity contribution in [1.82, 2.24) is 4.98 Å². The van der Waals surface area contributed by atoms with Crippen LogP contribution in [-0.4, -0.2) is 10.8 Å². The lowest BCUT2D eigenvalue weighted by molar-refractivity contribution is 0.103. The number of H-pyrrole nitrogens is 1. The summed E-state index contributed by atoms with van der Waals surface area (Å²) in [4.78, 5) is 14.7. The molecular weight excluding hydrogens is 193 g/mol. The van der Waals surface area contributed by atoms with Gasteiger partial charge in [-0.1, -0.05) is 12.1 Å². The summed E-state index contributed by atoms with van der Waals surface area (Å²) in [6.45, 7) is 1.60. The summed E-state index contributed by atoms with van der Waals surface area (Å²) >= 11 is 0. The molecule has 3 heteroatoms. The molecule has 0 fully saturated rings. The van der Waals surface area contributed by atoms with E-state index in [-0.39, 0.29) is 11.6 Å². The highest BCUT2D eigenvalue weighted by Gasteiger charge is 2.13. The van der Waals surface area contributed by atoms with Gasteiger partial charge in [0.15, 0.2) is 0 Å². The van der Waals surface area contributed by atoms with E-state index in [9.17, 15) is 9.18 Å². The van der Waals surface area contributed by atoms with Crippen molar-refractivity contribution < 1.29 is 9.18 Å². The standard InChI is InChI=1S/C12H10FNO/c1-8-9(4-2-5-10(8)13)12(15)11-6-3-7-14-11/h2-7,14H,1H3. The predicted molar refractivity (Wildman–Crippen MR) is 55.4 cm³/mol. The average molecular weight is 203 g/mol. The molecule has 0 aliphatic rings. The van der Waals surface area contributed by atoms with Gasteiger partial charge in [-0.2, -0.15) is 0 Å². The van der Waals surface area contributed by atoms with Crippen LogP contribution in [0.3, 0.4) is 0 Å². The Labute approximate surface area is 86.8 Å². The van der Waals surface area contributed by atoms with Crippen LogP contribution in [0, 0.1) is 12.7 Å². The number of hydrogen-bond acceptors (Lipinski definition) is 1. The van der Waals surface area contributed by atoms with Gasteiger partial charge in [0.2, 0.25) is 5.78 Å². The average Bonchev–Trinajstić information content (AvgIpc) is 2.74. The molecular formula is C12H10FNO. The smallest absolute Gasteiger partial charge is 0.209 e. The first-order valence-electron chi connectivity index (χ1n) is 4.63. The SMILES string of the molecule is Cc1c(F)cccc1C(=O)c1ccc[nH]1. The molecule has 0 unspecified atom stereocenters. The van der Waals surface area contributed by atoms with E-state index in [4.69, 9.17) is 0 Å². The highest BCUT2D eigenvalue weighted by atomic mass is 19.1. The number of rotatable bonds is 2. The van der Waals surface area contributed by atoms with Crippen molar-refractivity contribution >= 4 is 5.78 Å². The predicted octanol–water partition coefficient (Wildman–Crippen LogP) is 2.69. The van der Waals surface area contributed by atoms with Crippen LogP contribution in [0.25, 0.3) is 0 Å². The molecule has 2 rings (SSSR count). The van der Waals surface area contributed by atoms with Gasteiger partial charge < -0.3 is 4.98 Å². The molecule has 0 amide bonds. The van der Waals surface area contributed by atoms with Crippen molar-refractivity contribution in [3.8, 4) is 0 Å². The van der Waals surface area contributed by atoms with Crippen LogP contribution in [0.1, 0.15) is 21.6 Å². The summed E-state index contributed by atoms with van der Waals surface area (Å²) in [5.41, 5.74) is 1.26. The third-order valence-corrected chi connectivity index (χ3v) is 2.35. The molecule has 0 atom stereocenters. The summed E-state index contributed by atoms with van der Waals surface area (Å²) < 4.78 is 13.2. The molecule has 0 bridgehead atoms. The number of ketones is 1. The Hall–Kier alpha value is -1.90. The zero-order valence-electron chi connectivity index (χ0n) is 8.25. The van der Waals surface area contributed by atoms with Crippen molar-refractivity contribution in [1.29, 1.82) is 0 Å². The third-order valence-electron chi connectivity index (χ3n) is 2.35. The van der Waals surface area contributed by atoms with E-state index in [1.165, 1.54) is 6.07 Å². The highest BCUT2D eigenvalue weighted by molar-refractivity contribution is 6.08. The van der Waals surface area contributed by atoms with Gasteiger partial charge in [0.1, 0.15) is 5.82 Å². The van der Waals surface area contributed by atoms with Gasteiger partial charge in [-0.15, -0.1) is 0 Å². The summed E-state index contributed by atoms with van der Waals surface area (Å²) in [5.74, 6) is -0.538. The first-order chi connectivity index (χ1) is 7.20.